The predicted molar refractivity (Wildman–Crippen MR) is 47.4 cm³/mol. The zero-order valence-electron chi connectivity index (χ0n) is 6.06. The number of hydrogen-bond acceptors (Lipinski definition) is 5. The van der Waals surface area contributed by atoms with Crippen LogP contribution in [0.3, 0.4) is 0 Å². The average molecular weight is 202 g/mol. The van der Waals surface area contributed by atoms with Gasteiger partial charge in [0.05, 0.1) is 0 Å². The summed E-state index contributed by atoms with van der Waals surface area (Å²) in [6.45, 7) is 3.39. The first-order chi connectivity index (χ1) is 5.70. The van der Waals surface area contributed by atoms with E-state index >= 15 is 0 Å². The molecule has 64 valence electrons. The van der Waals surface area contributed by atoms with Gasteiger partial charge in [-0.1, -0.05) is 18.3 Å². The van der Waals surface area contributed by atoms with Gasteiger partial charge in [-0.05, 0) is 11.5 Å². The van der Waals surface area contributed by atoms with Gasteiger partial charge in [-0.3, -0.25) is 0 Å². The Morgan fingerprint density at radius 3 is 3.08 bits per heavy atom. The van der Waals surface area contributed by atoms with Crippen LogP contribution in [0.1, 0.15) is 0 Å². The molecule has 0 radical (unpaired) electrons. The highest BCUT2D eigenvalue weighted by molar-refractivity contribution is 8.01. The van der Waals surface area contributed by atoms with Crippen molar-refractivity contribution in [1.82, 2.24) is 9.36 Å². The molecule has 0 saturated carbocycles. The molecule has 0 aliphatic heterocycles. The number of carboxylic acids is 1. The molecule has 1 aromatic heterocycles. The molecule has 4 nitrogen and oxygen atoms in total. The molecule has 6 heteroatoms. The molecule has 0 saturated heterocycles. The van der Waals surface area contributed by atoms with Gasteiger partial charge in [-0.2, -0.15) is 4.37 Å². The van der Waals surface area contributed by atoms with Gasteiger partial charge in [-0.15, -0.1) is 0 Å². The molecule has 0 aliphatic rings. The first kappa shape index (κ1) is 9.21. The summed E-state index contributed by atoms with van der Waals surface area (Å²) in [7, 11) is 0. The molecular formula is C6H6N2O2S2. The van der Waals surface area contributed by atoms with Gasteiger partial charge in [-0.25, -0.2) is 9.78 Å². The lowest BCUT2D eigenvalue weighted by Gasteiger charge is -1.95. The van der Waals surface area contributed by atoms with Gasteiger partial charge in [0.1, 0.15) is 6.33 Å². The molecule has 0 aliphatic carbocycles. The Balaban J connectivity index is 2.37. The van der Waals surface area contributed by atoms with E-state index in [-0.39, 0.29) is 5.57 Å². The Morgan fingerprint density at radius 2 is 2.58 bits per heavy atom. The van der Waals surface area contributed by atoms with Crippen LogP contribution in [-0.2, 0) is 4.79 Å². The van der Waals surface area contributed by atoms with E-state index in [4.69, 9.17) is 5.11 Å². The van der Waals surface area contributed by atoms with Crippen molar-refractivity contribution in [2.24, 2.45) is 0 Å². The van der Waals surface area contributed by atoms with E-state index in [1.165, 1.54) is 29.6 Å². The molecule has 0 fully saturated rings. The highest BCUT2D eigenvalue weighted by Crippen LogP contribution is 2.20. The summed E-state index contributed by atoms with van der Waals surface area (Å²) in [5, 5.41) is 8.47. The molecule has 0 amide bonds. The minimum atomic E-state index is -0.966. The average Bonchev–Trinajstić information content (AvgIpc) is 2.51. The Kier molecular flexibility index (Phi) is 3.24. The van der Waals surface area contributed by atoms with Gasteiger partial charge in [0.25, 0.3) is 0 Å². The number of aliphatic carboxylic acids is 1. The molecule has 0 spiro atoms. The molecule has 1 N–H and O–H groups in total. The molecular weight excluding hydrogens is 196 g/mol. The van der Waals surface area contributed by atoms with Gasteiger partial charge in [0.2, 0.25) is 0 Å². The Morgan fingerprint density at radius 1 is 1.83 bits per heavy atom. The Hall–Kier alpha value is -0.880. The molecule has 12 heavy (non-hydrogen) atoms. The van der Waals surface area contributed by atoms with Crippen molar-refractivity contribution in [1.29, 1.82) is 0 Å². The van der Waals surface area contributed by atoms with Crippen molar-refractivity contribution in [3.8, 4) is 0 Å². The van der Waals surface area contributed by atoms with Crippen molar-refractivity contribution in [2.75, 3.05) is 5.75 Å². The summed E-state index contributed by atoms with van der Waals surface area (Å²) in [4.78, 5) is 14.2. The standard InChI is InChI=1S/C6H6N2O2S2/c1-4(5(9)10)2-11-6-7-3-8-12-6/h3H,1-2H2,(H,9,10). The van der Waals surface area contributed by atoms with E-state index in [2.05, 4.69) is 15.9 Å². The van der Waals surface area contributed by atoms with Crippen LogP contribution in [0.5, 0.6) is 0 Å². The summed E-state index contributed by atoms with van der Waals surface area (Å²) in [5.41, 5.74) is 0.176. The fourth-order valence-corrected chi connectivity index (χ4v) is 1.78. The highest BCUT2D eigenvalue weighted by atomic mass is 32.2. The summed E-state index contributed by atoms with van der Waals surface area (Å²) in [5.74, 6) is -0.614. The molecule has 0 atom stereocenters. The maximum atomic E-state index is 10.3. The van der Waals surface area contributed by atoms with Crippen molar-refractivity contribution >= 4 is 29.3 Å². The number of rotatable bonds is 4. The van der Waals surface area contributed by atoms with Crippen LogP contribution in [-0.4, -0.2) is 26.2 Å². The second-order valence-electron chi connectivity index (χ2n) is 1.90. The fourth-order valence-electron chi connectivity index (χ4n) is 0.437. The van der Waals surface area contributed by atoms with Crippen LogP contribution in [0.25, 0.3) is 0 Å². The summed E-state index contributed by atoms with van der Waals surface area (Å²) in [6.07, 6.45) is 1.44. The topological polar surface area (TPSA) is 63.1 Å². The first-order valence-corrected chi connectivity index (χ1v) is 4.76. The number of aromatic nitrogens is 2. The molecule has 1 aromatic rings. The maximum absolute atomic E-state index is 10.3. The quantitative estimate of drug-likeness (QED) is 0.588. The van der Waals surface area contributed by atoms with E-state index in [9.17, 15) is 4.79 Å². The Labute approximate surface area is 77.5 Å². The third kappa shape index (κ3) is 2.63. The molecule has 0 unspecified atom stereocenters. The Bertz CT molecular complexity index is 284. The van der Waals surface area contributed by atoms with Crippen molar-refractivity contribution in [2.45, 2.75) is 4.34 Å². The van der Waals surface area contributed by atoms with Crippen LogP contribution < -0.4 is 0 Å². The summed E-state index contributed by atoms with van der Waals surface area (Å²) < 4.78 is 4.54. The molecule has 1 rings (SSSR count). The minimum absolute atomic E-state index is 0.176. The number of carboxylic acid groups (broad SMARTS) is 1. The number of hydrogen-bond donors (Lipinski definition) is 1. The smallest absolute Gasteiger partial charge is 0.331 e. The third-order valence-corrected chi connectivity index (χ3v) is 2.90. The predicted octanol–water partition coefficient (Wildman–Crippen LogP) is 1.27. The second-order valence-corrected chi connectivity index (χ2v) is 3.91. The largest absolute Gasteiger partial charge is 0.478 e. The zero-order chi connectivity index (χ0) is 8.97. The second kappa shape index (κ2) is 4.22. The van der Waals surface area contributed by atoms with Gasteiger partial charge in [0.15, 0.2) is 4.34 Å². The SMILES string of the molecule is C=C(CSc1ncns1)C(=O)O. The van der Waals surface area contributed by atoms with Crippen LogP contribution >= 0.6 is 23.3 Å². The van der Waals surface area contributed by atoms with Crippen LogP contribution in [0.2, 0.25) is 0 Å². The van der Waals surface area contributed by atoms with Gasteiger partial charge in [0, 0.05) is 11.3 Å². The van der Waals surface area contributed by atoms with Crippen molar-refractivity contribution in [3.05, 3.63) is 18.5 Å². The zero-order valence-corrected chi connectivity index (χ0v) is 7.69. The summed E-state index contributed by atoms with van der Waals surface area (Å²) >= 11 is 2.57. The lowest BCUT2D eigenvalue weighted by molar-refractivity contribution is -0.132. The number of carbonyl (C=O) groups is 1. The van der Waals surface area contributed by atoms with Gasteiger partial charge >= 0.3 is 5.97 Å². The first-order valence-electron chi connectivity index (χ1n) is 3.00. The van der Waals surface area contributed by atoms with Crippen LogP contribution in [0.15, 0.2) is 22.8 Å². The maximum Gasteiger partial charge on any atom is 0.331 e. The highest BCUT2D eigenvalue weighted by Gasteiger charge is 2.05. The lowest BCUT2D eigenvalue weighted by Crippen LogP contribution is -2.00. The normalized spacial score (nSPS) is 9.67. The van der Waals surface area contributed by atoms with E-state index < -0.39 is 5.97 Å². The third-order valence-electron chi connectivity index (χ3n) is 1.01. The van der Waals surface area contributed by atoms with E-state index in [0.29, 0.717) is 5.75 Å². The monoisotopic (exact) mass is 202 g/mol. The van der Waals surface area contributed by atoms with E-state index in [1.54, 1.807) is 0 Å². The van der Waals surface area contributed by atoms with Crippen LogP contribution in [0, 0.1) is 0 Å². The lowest BCUT2D eigenvalue weighted by atomic mass is 10.4. The number of nitrogens with zero attached hydrogens (tertiary/aromatic N) is 2. The molecule has 0 aromatic carbocycles. The fraction of sp³-hybridized carbons (Fsp3) is 0.167. The summed E-state index contributed by atoms with van der Waals surface area (Å²) in [6, 6.07) is 0. The van der Waals surface area contributed by atoms with Crippen molar-refractivity contribution in [3.63, 3.8) is 0 Å². The number of thioether (sulfide) groups is 1. The van der Waals surface area contributed by atoms with Gasteiger partial charge < -0.3 is 5.11 Å². The van der Waals surface area contributed by atoms with E-state index in [1.807, 2.05) is 0 Å². The molecule has 0 bridgehead atoms. The van der Waals surface area contributed by atoms with Crippen LogP contribution in [0.4, 0.5) is 0 Å². The minimum Gasteiger partial charge on any atom is -0.478 e. The molecule has 1 heterocycles. The van der Waals surface area contributed by atoms with Crippen molar-refractivity contribution < 1.29 is 9.90 Å². The van der Waals surface area contributed by atoms with E-state index in [0.717, 1.165) is 4.34 Å².